The Morgan fingerprint density at radius 2 is 1.90 bits per heavy atom. The van der Waals surface area contributed by atoms with Crippen LogP contribution in [-0.4, -0.2) is 33.3 Å². The summed E-state index contributed by atoms with van der Waals surface area (Å²) in [4.78, 5) is 23.4. The minimum Gasteiger partial charge on any atom is -0.459 e. The topological polar surface area (TPSA) is 67.9 Å². The van der Waals surface area contributed by atoms with E-state index in [0.29, 0.717) is 17.9 Å². The number of hydrogen-bond acceptors (Lipinski definition) is 4. The largest absolute Gasteiger partial charge is 0.459 e. The second kappa shape index (κ2) is 6.55. The van der Waals surface area contributed by atoms with Crippen LogP contribution in [0.4, 0.5) is 5.69 Å². The predicted molar refractivity (Wildman–Crippen MR) is 84.6 cm³/mol. The van der Waals surface area contributed by atoms with E-state index in [4.69, 9.17) is 9.47 Å². The fraction of sp³-hybridized carbons (Fsp3) is 0.333. The first-order valence-corrected chi connectivity index (χ1v) is 8.01. The Morgan fingerprint density at radius 1 is 1.30 bits per heavy atom. The molecule has 0 bridgehead atoms. The highest BCUT2D eigenvalue weighted by Crippen LogP contribution is 2.34. The van der Waals surface area contributed by atoms with Crippen LogP contribution >= 0.6 is 47.8 Å². The van der Waals surface area contributed by atoms with Gasteiger partial charge in [-0.15, -0.1) is 0 Å². The van der Waals surface area contributed by atoms with E-state index in [2.05, 4.69) is 53.1 Å². The van der Waals surface area contributed by atoms with E-state index in [9.17, 15) is 9.59 Å². The number of epoxide rings is 1. The molecule has 1 N–H and O–H groups in total. The highest BCUT2D eigenvalue weighted by Gasteiger charge is 2.28. The summed E-state index contributed by atoms with van der Waals surface area (Å²) in [5.74, 6) is -0.729. The number of carbonyl (C=O) groups excluding carboxylic acids is 2. The highest BCUT2D eigenvalue weighted by atomic mass is 80.0. The molecule has 1 fully saturated rings. The Labute approximate surface area is 140 Å². The minimum absolute atomic E-state index is 0.0439. The van der Waals surface area contributed by atoms with Crippen LogP contribution < -0.4 is 5.32 Å². The molecule has 1 aliphatic heterocycles. The summed E-state index contributed by atoms with van der Waals surface area (Å²) in [5.41, 5.74) is 0.992. The molecule has 1 atom stereocenters. The monoisotopic (exact) mass is 469 g/mol. The lowest BCUT2D eigenvalue weighted by atomic mass is 10.2. The van der Waals surface area contributed by atoms with Crippen molar-refractivity contribution in [3.05, 3.63) is 29.8 Å². The zero-order valence-corrected chi connectivity index (χ0v) is 14.8. The van der Waals surface area contributed by atoms with Crippen molar-refractivity contribution >= 4 is 65.4 Å². The van der Waals surface area contributed by atoms with E-state index in [1.807, 2.05) is 0 Å². The summed E-state index contributed by atoms with van der Waals surface area (Å²) >= 11 is 9.34. The second-order valence-corrected chi connectivity index (χ2v) is 10.8. The van der Waals surface area contributed by atoms with Crippen molar-refractivity contribution in [2.45, 2.75) is 8.25 Å². The van der Waals surface area contributed by atoms with Gasteiger partial charge in [-0.1, -0.05) is 0 Å². The van der Waals surface area contributed by atoms with Crippen LogP contribution in [0.5, 0.6) is 0 Å². The predicted octanol–water partition coefficient (Wildman–Crippen LogP) is 3.02. The molecule has 1 amide bonds. The molecule has 0 aromatic heterocycles. The molecule has 20 heavy (non-hydrogen) atoms. The molecular weight excluding hydrogens is 462 g/mol. The number of benzene rings is 1. The third-order valence-electron chi connectivity index (χ3n) is 2.44. The van der Waals surface area contributed by atoms with Crippen molar-refractivity contribution in [3.63, 3.8) is 0 Å². The van der Waals surface area contributed by atoms with Gasteiger partial charge in [0.2, 0.25) is 2.14 Å². The molecule has 0 radical (unpaired) electrons. The summed E-state index contributed by atoms with van der Waals surface area (Å²) in [5, 5.41) is 2.66. The average Bonchev–Trinajstić information content (AvgIpc) is 3.19. The standard InChI is InChI=1S/C12H10Br3NO4/c13-12(14,15)11(18)16-8-3-1-7(2-4-8)10(17)20-6-9-5-19-9/h1-4,9H,5-6H2,(H,16,18). The molecule has 1 saturated heterocycles. The molecule has 1 aromatic rings. The van der Waals surface area contributed by atoms with Gasteiger partial charge < -0.3 is 14.8 Å². The summed E-state index contributed by atoms with van der Waals surface area (Å²) < 4.78 is 8.99. The van der Waals surface area contributed by atoms with Crippen LogP contribution in [0.2, 0.25) is 0 Å². The van der Waals surface area contributed by atoms with Gasteiger partial charge in [-0.25, -0.2) is 4.79 Å². The molecular formula is C12H10Br3NO4. The van der Waals surface area contributed by atoms with Gasteiger partial charge in [-0.05, 0) is 72.1 Å². The number of nitrogens with one attached hydrogen (secondary N) is 1. The van der Waals surface area contributed by atoms with Crippen molar-refractivity contribution in [2.24, 2.45) is 0 Å². The quantitative estimate of drug-likeness (QED) is 0.416. The van der Waals surface area contributed by atoms with Gasteiger partial charge in [0.05, 0.1) is 12.2 Å². The fourth-order valence-electron chi connectivity index (χ4n) is 1.31. The molecule has 5 nitrogen and oxygen atoms in total. The van der Waals surface area contributed by atoms with Gasteiger partial charge in [0.15, 0.2) is 0 Å². The van der Waals surface area contributed by atoms with E-state index in [1.165, 1.54) is 0 Å². The highest BCUT2D eigenvalue weighted by molar-refractivity contribution is 9.40. The van der Waals surface area contributed by atoms with E-state index < -0.39 is 8.11 Å². The number of ether oxygens (including phenoxy) is 2. The third kappa shape index (κ3) is 4.83. The summed E-state index contributed by atoms with van der Waals surface area (Å²) in [6.45, 7) is 0.919. The van der Waals surface area contributed by atoms with Crippen LogP contribution in [0.3, 0.4) is 0 Å². The van der Waals surface area contributed by atoms with Crippen LogP contribution in [0.1, 0.15) is 10.4 Å². The Hall–Kier alpha value is -0.440. The number of rotatable bonds is 4. The third-order valence-corrected chi connectivity index (χ3v) is 3.52. The fourth-order valence-corrected chi connectivity index (χ4v) is 1.61. The Balaban J connectivity index is 1.91. The van der Waals surface area contributed by atoms with E-state index >= 15 is 0 Å². The molecule has 0 spiro atoms. The smallest absolute Gasteiger partial charge is 0.338 e. The number of amides is 1. The van der Waals surface area contributed by atoms with E-state index in [0.717, 1.165) is 0 Å². The molecule has 1 unspecified atom stereocenters. The van der Waals surface area contributed by atoms with Crippen molar-refractivity contribution in [3.8, 4) is 0 Å². The molecule has 108 valence electrons. The number of hydrogen-bond donors (Lipinski definition) is 1. The molecule has 0 aliphatic carbocycles. The van der Waals surface area contributed by atoms with Gasteiger partial charge in [0.25, 0.3) is 5.91 Å². The summed E-state index contributed by atoms with van der Waals surface area (Å²) in [6, 6.07) is 6.43. The van der Waals surface area contributed by atoms with Crippen molar-refractivity contribution in [1.82, 2.24) is 0 Å². The number of esters is 1. The maximum atomic E-state index is 11.7. The summed E-state index contributed by atoms with van der Waals surface area (Å²) in [6.07, 6.45) is 0.0439. The van der Waals surface area contributed by atoms with Gasteiger partial charge in [-0.3, -0.25) is 4.79 Å². The molecule has 1 aliphatic rings. The maximum absolute atomic E-state index is 11.7. The first kappa shape index (κ1) is 15.9. The van der Waals surface area contributed by atoms with Crippen LogP contribution in [0, 0.1) is 0 Å². The SMILES string of the molecule is O=C(OCC1CO1)c1ccc(NC(=O)C(Br)(Br)Br)cc1. The van der Waals surface area contributed by atoms with Crippen molar-refractivity contribution in [2.75, 3.05) is 18.5 Å². The van der Waals surface area contributed by atoms with Gasteiger partial charge >= 0.3 is 5.97 Å². The average molecular weight is 472 g/mol. The van der Waals surface area contributed by atoms with E-state index in [1.54, 1.807) is 24.3 Å². The van der Waals surface area contributed by atoms with Crippen molar-refractivity contribution < 1.29 is 19.1 Å². The zero-order valence-electron chi connectivity index (χ0n) is 10.1. The minimum atomic E-state index is -1.02. The molecule has 1 heterocycles. The van der Waals surface area contributed by atoms with Crippen LogP contribution in [0.15, 0.2) is 24.3 Å². The lowest BCUT2D eigenvalue weighted by Crippen LogP contribution is -2.25. The first-order valence-electron chi connectivity index (χ1n) is 5.63. The number of halogens is 3. The first-order chi connectivity index (χ1) is 9.36. The number of anilines is 1. The maximum Gasteiger partial charge on any atom is 0.338 e. The van der Waals surface area contributed by atoms with Crippen molar-refractivity contribution in [1.29, 1.82) is 0 Å². The van der Waals surface area contributed by atoms with Gasteiger partial charge in [-0.2, -0.15) is 0 Å². The summed E-state index contributed by atoms with van der Waals surface area (Å²) in [7, 11) is 0. The van der Waals surface area contributed by atoms with E-state index in [-0.39, 0.29) is 18.6 Å². The lowest BCUT2D eigenvalue weighted by Gasteiger charge is -2.12. The van der Waals surface area contributed by atoms with Crippen LogP contribution in [0.25, 0.3) is 0 Å². The lowest BCUT2D eigenvalue weighted by molar-refractivity contribution is -0.114. The molecule has 8 heteroatoms. The molecule has 0 saturated carbocycles. The van der Waals surface area contributed by atoms with Crippen LogP contribution in [-0.2, 0) is 14.3 Å². The second-order valence-electron chi connectivity index (χ2n) is 4.08. The normalized spacial score (nSPS) is 17.4. The Bertz CT molecular complexity index is 508. The number of alkyl halides is 3. The Morgan fingerprint density at radius 3 is 2.40 bits per heavy atom. The molecule has 1 aromatic carbocycles. The van der Waals surface area contributed by atoms with Gasteiger partial charge in [0, 0.05) is 5.69 Å². The number of carbonyl (C=O) groups is 2. The molecule has 2 rings (SSSR count). The Kier molecular flexibility index (Phi) is 5.22. The zero-order chi connectivity index (χ0) is 14.8. The van der Waals surface area contributed by atoms with Gasteiger partial charge in [0.1, 0.15) is 12.7 Å².